The third-order valence-electron chi connectivity index (χ3n) is 4.13. The normalized spacial score (nSPS) is 16.4. The second-order valence-electron chi connectivity index (χ2n) is 5.96. The van der Waals surface area contributed by atoms with Crippen LogP contribution in [0.1, 0.15) is 34.6 Å². The van der Waals surface area contributed by atoms with Crippen molar-refractivity contribution >= 4 is 41.3 Å². The van der Waals surface area contributed by atoms with Crippen molar-refractivity contribution in [2.24, 2.45) is 4.99 Å². The molecule has 0 saturated carbocycles. The molecule has 1 unspecified atom stereocenters. The second-order valence-corrected chi connectivity index (χ2v) is 7.33. The number of aryl methyl sites for hydroxylation is 1. The summed E-state index contributed by atoms with van der Waals surface area (Å²) in [7, 11) is 0. The Labute approximate surface area is 171 Å². The zero-order valence-corrected chi connectivity index (χ0v) is 17.9. The summed E-state index contributed by atoms with van der Waals surface area (Å²) in [5, 5.41) is 6.83. The number of para-hydroxylation sites is 1. The number of ether oxygens (including phenoxy) is 1. The minimum absolute atomic E-state index is 0. The second kappa shape index (κ2) is 10.0. The van der Waals surface area contributed by atoms with Crippen molar-refractivity contribution in [3.8, 4) is 5.75 Å². The predicted molar refractivity (Wildman–Crippen MR) is 117 cm³/mol. The Morgan fingerprint density at radius 1 is 1.24 bits per heavy atom. The highest BCUT2D eigenvalue weighted by Crippen LogP contribution is 2.32. The van der Waals surface area contributed by atoms with Crippen LogP contribution in [-0.4, -0.2) is 25.7 Å². The van der Waals surface area contributed by atoms with Gasteiger partial charge < -0.3 is 15.4 Å². The molecule has 0 fully saturated rings. The van der Waals surface area contributed by atoms with E-state index in [4.69, 9.17) is 9.73 Å². The molecular weight excluding hydrogens is 445 g/mol. The molecule has 6 heteroatoms. The van der Waals surface area contributed by atoms with Gasteiger partial charge in [-0.15, -0.1) is 35.3 Å². The summed E-state index contributed by atoms with van der Waals surface area (Å²) < 4.78 is 5.74. The van der Waals surface area contributed by atoms with Crippen LogP contribution >= 0.6 is 35.3 Å². The molecule has 2 aromatic rings. The van der Waals surface area contributed by atoms with Crippen molar-refractivity contribution in [1.82, 2.24) is 10.6 Å². The molecule has 0 amide bonds. The average Bonchev–Trinajstić information content (AvgIpc) is 3.03. The van der Waals surface area contributed by atoms with Gasteiger partial charge in [0.15, 0.2) is 5.96 Å². The molecule has 4 nitrogen and oxygen atoms in total. The number of hydrogen-bond donors (Lipinski definition) is 2. The molecule has 0 radical (unpaired) electrons. The van der Waals surface area contributed by atoms with Crippen molar-refractivity contribution < 1.29 is 4.74 Å². The maximum absolute atomic E-state index is 5.74. The van der Waals surface area contributed by atoms with Gasteiger partial charge in [0.2, 0.25) is 0 Å². The fourth-order valence-electron chi connectivity index (χ4n) is 2.92. The third kappa shape index (κ3) is 5.60. The molecule has 2 heterocycles. The van der Waals surface area contributed by atoms with Gasteiger partial charge in [-0.1, -0.05) is 18.2 Å². The van der Waals surface area contributed by atoms with Crippen LogP contribution < -0.4 is 15.4 Å². The number of halogens is 1. The lowest BCUT2D eigenvalue weighted by Gasteiger charge is -2.26. The molecule has 1 aliphatic heterocycles. The highest BCUT2D eigenvalue weighted by Gasteiger charge is 2.21. The molecule has 1 aromatic carbocycles. The van der Waals surface area contributed by atoms with Gasteiger partial charge in [0.1, 0.15) is 5.75 Å². The molecular formula is C19H26IN3OS. The van der Waals surface area contributed by atoms with Crippen LogP contribution in [0.15, 0.2) is 41.4 Å². The van der Waals surface area contributed by atoms with Crippen LogP contribution in [0.25, 0.3) is 0 Å². The molecule has 0 aliphatic carbocycles. The first-order chi connectivity index (χ1) is 11.8. The fraction of sp³-hybridized carbons (Fsp3) is 0.421. The van der Waals surface area contributed by atoms with E-state index in [1.54, 1.807) is 11.3 Å². The maximum atomic E-state index is 5.74. The summed E-state index contributed by atoms with van der Waals surface area (Å²) in [6.45, 7) is 7.46. The van der Waals surface area contributed by atoms with Crippen molar-refractivity contribution in [1.29, 1.82) is 0 Å². The van der Waals surface area contributed by atoms with E-state index in [-0.39, 0.29) is 24.0 Å². The number of fused-ring (bicyclic) bond motifs is 1. The number of nitrogens with one attached hydrogen (secondary N) is 2. The minimum atomic E-state index is 0. The van der Waals surface area contributed by atoms with E-state index in [1.165, 1.54) is 15.3 Å². The lowest BCUT2D eigenvalue weighted by Crippen LogP contribution is -2.40. The molecule has 1 atom stereocenters. The highest BCUT2D eigenvalue weighted by atomic mass is 127. The Kier molecular flexibility index (Phi) is 8.02. The summed E-state index contributed by atoms with van der Waals surface area (Å²) in [5.41, 5.74) is 1.29. The van der Waals surface area contributed by atoms with Gasteiger partial charge in [-0.25, -0.2) is 4.99 Å². The van der Waals surface area contributed by atoms with Crippen LogP contribution in [0.4, 0.5) is 0 Å². The fourth-order valence-corrected chi connectivity index (χ4v) is 3.73. The standard InChI is InChI=1S/C19H25N3OS.HI/c1-3-20-19(22-13-16-9-8-14(2)24-16)21-12-15-10-11-23-18-7-5-4-6-17(15)18;/h4-9,15H,3,10-13H2,1-2H3,(H2,20,21,22);1H. The van der Waals surface area contributed by atoms with Crippen molar-refractivity contribution in [3.05, 3.63) is 51.7 Å². The zero-order valence-electron chi connectivity index (χ0n) is 14.7. The number of rotatable bonds is 5. The Balaban J connectivity index is 0.00000225. The van der Waals surface area contributed by atoms with Gasteiger partial charge in [-0.2, -0.15) is 0 Å². The summed E-state index contributed by atoms with van der Waals surface area (Å²) in [6, 6.07) is 12.6. The number of benzene rings is 1. The first kappa shape index (κ1) is 20.0. The Hall–Kier alpha value is -1.28. The number of hydrogen-bond acceptors (Lipinski definition) is 3. The lowest BCUT2D eigenvalue weighted by atomic mass is 9.93. The molecule has 1 aliphatic rings. The minimum Gasteiger partial charge on any atom is -0.493 e. The Morgan fingerprint density at radius 2 is 2.08 bits per heavy atom. The maximum Gasteiger partial charge on any atom is 0.191 e. The highest BCUT2D eigenvalue weighted by molar-refractivity contribution is 14.0. The van der Waals surface area contributed by atoms with E-state index in [1.807, 2.05) is 6.07 Å². The van der Waals surface area contributed by atoms with Crippen LogP contribution in [0, 0.1) is 6.92 Å². The number of nitrogens with zero attached hydrogens (tertiary/aromatic N) is 1. The molecule has 1 aromatic heterocycles. The van der Waals surface area contributed by atoms with E-state index >= 15 is 0 Å². The zero-order chi connectivity index (χ0) is 16.8. The first-order valence-corrected chi connectivity index (χ1v) is 9.37. The average molecular weight is 471 g/mol. The van der Waals surface area contributed by atoms with Gasteiger partial charge in [0.05, 0.1) is 13.2 Å². The Morgan fingerprint density at radius 3 is 2.84 bits per heavy atom. The van der Waals surface area contributed by atoms with Gasteiger partial charge in [-0.3, -0.25) is 0 Å². The number of guanidine groups is 1. The van der Waals surface area contributed by atoms with Crippen LogP contribution in [-0.2, 0) is 6.54 Å². The van der Waals surface area contributed by atoms with E-state index < -0.39 is 0 Å². The van der Waals surface area contributed by atoms with Gasteiger partial charge in [0.25, 0.3) is 0 Å². The monoisotopic (exact) mass is 471 g/mol. The summed E-state index contributed by atoms with van der Waals surface area (Å²) in [4.78, 5) is 7.33. The molecule has 0 saturated heterocycles. The molecule has 0 bridgehead atoms. The summed E-state index contributed by atoms with van der Waals surface area (Å²) >= 11 is 1.81. The van der Waals surface area contributed by atoms with Crippen LogP contribution in [0.2, 0.25) is 0 Å². The van der Waals surface area contributed by atoms with E-state index in [9.17, 15) is 0 Å². The third-order valence-corrected chi connectivity index (χ3v) is 5.12. The van der Waals surface area contributed by atoms with E-state index in [0.29, 0.717) is 5.92 Å². The van der Waals surface area contributed by atoms with Crippen molar-refractivity contribution in [3.63, 3.8) is 0 Å². The van der Waals surface area contributed by atoms with Crippen LogP contribution in [0.5, 0.6) is 5.75 Å². The van der Waals surface area contributed by atoms with Crippen molar-refractivity contribution in [2.75, 3.05) is 19.7 Å². The van der Waals surface area contributed by atoms with E-state index in [0.717, 1.165) is 44.4 Å². The van der Waals surface area contributed by atoms with E-state index in [2.05, 4.69) is 54.8 Å². The topological polar surface area (TPSA) is 45.7 Å². The van der Waals surface area contributed by atoms with Gasteiger partial charge in [0, 0.05) is 28.8 Å². The smallest absolute Gasteiger partial charge is 0.191 e. The molecule has 3 rings (SSSR count). The van der Waals surface area contributed by atoms with Crippen molar-refractivity contribution in [2.45, 2.75) is 32.7 Å². The molecule has 136 valence electrons. The molecule has 25 heavy (non-hydrogen) atoms. The predicted octanol–water partition coefficient (Wildman–Crippen LogP) is 4.30. The lowest BCUT2D eigenvalue weighted by molar-refractivity contribution is 0.267. The molecule has 0 spiro atoms. The number of aliphatic imine (C=N–C) groups is 1. The quantitative estimate of drug-likeness (QED) is 0.389. The van der Waals surface area contributed by atoms with Gasteiger partial charge >= 0.3 is 0 Å². The first-order valence-electron chi connectivity index (χ1n) is 8.55. The molecule has 2 N–H and O–H groups in total. The summed E-state index contributed by atoms with van der Waals surface area (Å²) in [6.07, 6.45) is 1.04. The SMILES string of the molecule is CCNC(=NCc1ccc(C)s1)NCC1CCOc2ccccc21.I. The Bertz CT molecular complexity index is 701. The largest absolute Gasteiger partial charge is 0.493 e. The number of thiophene rings is 1. The van der Waals surface area contributed by atoms with Gasteiger partial charge in [-0.05, 0) is 44.0 Å². The summed E-state index contributed by atoms with van der Waals surface area (Å²) in [5.74, 6) is 2.36. The van der Waals surface area contributed by atoms with Crippen LogP contribution in [0.3, 0.4) is 0 Å².